The molecule has 0 bridgehead atoms. The maximum atomic E-state index is 13.3. The van der Waals surface area contributed by atoms with E-state index in [0.717, 1.165) is 32.3 Å². The Labute approximate surface area is 171 Å². The van der Waals surface area contributed by atoms with Gasteiger partial charge in [0.1, 0.15) is 5.75 Å². The van der Waals surface area contributed by atoms with E-state index in [-0.39, 0.29) is 17.7 Å². The van der Waals surface area contributed by atoms with Gasteiger partial charge in [0.2, 0.25) is 0 Å². The highest BCUT2D eigenvalue weighted by Gasteiger charge is 2.29. The Hall–Kier alpha value is -1.82. The Kier molecular flexibility index (Phi) is 5.01. The van der Waals surface area contributed by atoms with Crippen molar-refractivity contribution < 1.29 is 9.53 Å². The van der Waals surface area contributed by atoms with Crippen molar-refractivity contribution in [2.45, 2.75) is 25.9 Å². The first kappa shape index (κ1) is 18.5. The zero-order chi connectivity index (χ0) is 19.1. The average Bonchev–Trinajstić information content (AvgIpc) is 2.97. The molecule has 0 fully saturated rings. The highest BCUT2D eigenvalue weighted by Crippen LogP contribution is 2.33. The summed E-state index contributed by atoms with van der Waals surface area (Å²) in [6.07, 6.45) is 2.56. The lowest BCUT2D eigenvalue weighted by molar-refractivity contribution is 0.0856. The number of halogens is 2. The molecule has 1 aliphatic rings. The molecule has 0 amide bonds. The number of hydrogen-bond acceptors (Lipinski definition) is 3. The molecule has 1 aliphatic heterocycles. The van der Waals surface area contributed by atoms with Crippen molar-refractivity contribution in [2.75, 3.05) is 6.61 Å². The van der Waals surface area contributed by atoms with Gasteiger partial charge in [-0.3, -0.25) is 4.79 Å². The number of benzene rings is 2. The molecule has 0 aliphatic carbocycles. The first-order valence-corrected chi connectivity index (χ1v) is 10.1. The molecule has 6 heteroatoms. The summed E-state index contributed by atoms with van der Waals surface area (Å²) in [6.45, 7) is 2.99. The number of fused-ring (bicyclic) bond motifs is 2. The zero-order valence-electron chi connectivity index (χ0n) is 14.9. The van der Waals surface area contributed by atoms with Gasteiger partial charge in [-0.1, -0.05) is 33.6 Å². The standard InChI is InChI=1S/C21H20BrClN2O2/c1-12(24)9-25-10-18(17-4-2-15(22)8-19(17)25)21(26)14-6-13-7-16(23)3-5-20(13)27-11-14/h2-5,7-8,10,12,14H,6,9,11,24H2,1H3/t12-,14?/m0/s1. The van der Waals surface area contributed by atoms with Crippen LogP contribution >= 0.6 is 27.5 Å². The van der Waals surface area contributed by atoms with Crippen LogP contribution in [-0.2, 0) is 13.0 Å². The van der Waals surface area contributed by atoms with Gasteiger partial charge in [-0.2, -0.15) is 0 Å². The first-order chi connectivity index (χ1) is 12.9. The zero-order valence-corrected chi connectivity index (χ0v) is 17.3. The third kappa shape index (κ3) is 3.64. The van der Waals surface area contributed by atoms with Gasteiger partial charge in [-0.15, -0.1) is 0 Å². The fraction of sp³-hybridized carbons (Fsp3) is 0.286. The lowest BCUT2D eigenvalue weighted by atomic mass is 9.89. The SMILES string of the molecule is C[C@H](N)Cn1cc(C(=O)C2COc3ccc(Cl)cc3C2)c2ccc(Br)cc21. The van der Waals surface area contributed by atoms with Gasteiger partial charge in [-0.25, -0.2) is 0 Å². The van der Waals surface area contributed by atoms with Crippen LogP contribution in [0.2, 0.25) is 5.02 Å². The summed E-state index contributed by atoms with van der Waals surface area (Å²) in [5, 5.41) is 1.60. The summed E-state index contributed by atoms with van der Waals surface area (Å²) < 4.78 is 8.86. The minimum atomic E-state index is -0.228. The van der Waals surface area contributed by atoms with E-state index in [2.05, 4.69) is 20.5 Å². The third-order valence-electron chi connectivity index (χ3n) is 4.89. The summed E-state index contributed by atoms with van der Waals surface area (Å²) in [6, 6.07) is 11.5. The molecule has 4 nitrogen and oxygen atoms in total. The van der Waals surface area contributed by atoms with E-state index in [4.69, 9.17) is 22.1 Å². The average molecular weight is 448 g/mol. The van der Waals surface area contributed by atoms with E-state index in [1.54, 1.807) is 0 Å². The summed E-state index contributed by atoms with van der Waals surface area (Å²) >= 11 is 9.62. The second-order valence-corrected chi connectivity index (χ2v) is 8.51. The van der Waals surface area contributed by atoms with E-state index in [1.807, 2.05) is 49.5 Å². The van der Waals surface area contributed by atoms with Crippen LogP contribution in [0, 0.1) is 5.92 Å². The van der Waals surface area contributed by atoms with E-state index in [9.17, 15) is 4.79 Å². The first-order valence-electron chi connectivity index (χ1n) is 8.92. The quantitative estimate of drug-likeness (QED) is 0.582. The molecule has 0 saturated carbocycles. The van der Waals surface area contributed by atoms with Crippen molar-refractivity contribution in [2.24, 2.45) is 11.7 Å². The molecule has 1 aromatic heterocycles. The number of ketones is 1. The molecule has 0 radical (unpaired) electrons. The Morgan fingerprint density at radius 3 is 2.96 bits per heavy atom. The number of nitrogens with two attached hydrogens (primary N) is 1. The molecule has 2 aromatic carbocycles. The van der Waals surface area contributed by atoms with Gasteiger partial charge >= 0.3 is 0 Å². The van der Waals surface area contributed by atoms with Gasteiger partial charge in [-0.05, 0) is 49.2 Å². The number of Topliss-reactive ketones (excluding diaryl/α,β-unsaturated/α-hetero) is 1. The molecule has 1 unspecified atom stereocenters. The Morgan fingerprint density at radius 1 is 1.37 bits per heavy atom. The number of nitrogens with zero attached hydrogens (tertiary/aromatic N) is 1. The van der Waals surface area contributed by atoms with E-state index in [1.165, 1.54) is 0 Å². The fourth-order valence-electron chi connectivity index (χ4n) is 3.67. The van der Waals surface area contributed by atoms with Gasteiger partial charge in [0.25, 0.3) is 0 Å². The number of rotatable bonds is 4. The van der Waals surface area contributed by atoms with Crippen LogP contribution < -0.4 is 10.5 Å². The molecule has 3 aromatic rings. The molecular weight excluding hydrogens is 428 g/mol. The fourth-order valence-corrected chi connectivity index (χ4v) is 4.22. The van der Waals surface area contributed by atoms with Crippen LogP contribution in [0.3, 0.4) is 0 Å². The van der Waals surface area contributed by atoms with Crippen molar-refractivity contribution in [1.82, 2.24) is 4.57 Å². The second-order valence-electron chi connectivity index (χ2n) is 7.16. The summed E-state index contributed by atoms with van der Waals surface area (Å²) in [4.78, 5) is 13.3. The predicted molar refractivity (Wildman–Crippen MR) is 112 cm³/mol. The van der Waals surface area contributed by atoms with Crippen molar-refractivity contribution in [1.29, 1.82) is 0 Å². The summed E-state index contributed by atoms with van der Waals surface area (Å²) in [5.41, 5.74) is 8.70. The van der Waals surface area contributed by atoms with Crippen LogP contribution in [0.25, 0.3) is 10.9 Å². The van der Waals surface area contributed by atoms with Gasteiger partial charge in [0.05, 0.1) is 12.5 Å². The normalized spacial score (nSPS) is 17.4. The highest BCUT2D eigenvalue weighted by atomic mass is 79.9. The monoisotopic (exact) mass is 446 g/mol. The van der Waals surface area contributed by atoms with Gasteiger partial charge in [0.15, 0.2) is 5.78 Å². The Bertz CT molecular complexity index is 1030. The Balaban J connectivity index is 1.71. The van der Waals surface area contributed by atoms with Gasteiger partial charge < -0.3 is 15.0 Å². The summed E-state index contributed by atoms with van der Waals surface area (Å²) in [7, 11) is 0. The molecule has 140 valence electrons. The number of hydrogen-bond donors (Lipinski definition) is 1. The smallest absolute Gasteiger partial charge is 0.171 e. The minimum absolute atomic E-state index is 0.00503. The Morgan fingerprint density at radius 2 is 2.19 bits per heavy atom. The summed E-state index contributed by atoms with van der Waals surface area (Å²) in [5.74, 6) is 0.678. The van der Waals surface area contributed by atoms with Crippen molar-refractivity contribution in [3.05, 3.63) is 63.2 Å². The van der Waals surface area contributed by atoms with Crippen LogP contribution in [0.15, 0.2) is 47.1 Å². The van der Waals surface area contributed by atoms with Crippen molar-refractivity contribution in [3.63, 3.8) is 0 Å². The maximum Gasteiger partial charge on any atom is 0.171 e. The molecular formula is C21H20BrClN2O2. The molecule has 0 spiro atoms. The van der Waals surface area contributed by atoms with E-state index in [0.29, 0.717) is 24.6 Å². The molecule has 2 N–H and O–H groups in total. The molecule has 4 rings (SSSR count). The maximum absolute atomic E-state index is 13.3. The van der Waals surface area contributed by atoms with Gasteiger partial charge in [0, 0.05) is 44.7 Å². The lowest BCUT2D eigenvalue weighted by Crippen LogP contribution is -2.28. The second kappa shape index (κ2) is 7.30. The molecule has 0 saturated heterocycles. The lowest BCUT2D eigenvalue weighted by Gasteiger charge is -2.24. The molecule has 2 heterocycles. The minimum Gasteiger partial charge on any atom is -0.493 e. The van der Waals surface area contributed by atoms with Crippen LogP contribution in [0.4, 0.5) is 0 Å². The topological polar surface area (TPSA) is 57.2 Å². The van der Waals surface area contributed by atoms with Crippen molar-refractivity contribution >= 4 is 44.2 Å². The third-order valence-corrected chi connectivity index (χ3v) is 5.62. The number of carbonyl (C=O) groups excluding carboxylic acids is 1. The number of aromatic nitrogens is 1. The number of carbonyl (C=O) groups is 1. The van der Waals surface area contributed by atoms with Crippen LogP contribution in [-0.4, -0.2) is 23.0 Å². The van der Waals surface area contributed by atoms with E-state index >= 15 is 0 Å². The van der Waals surface area contributed by atoms with Crippen molar-refractivity contribution in [3.8, 4) is 5.75 Å². The molecule has 2 atom stereocenters. The number of ether oxygens (including phenoxy) is 1. The largest absolute Gasteiger partial charge is 0.493 e. The predicted octanol–water partition coefficient (Wildman–Crippen LogP) is 4.84. The van der Waals surface area contributed by atoms with Crippen LogP contribution in [0.5, 0.6) is 5.75 Å². The van der Waals surface area contributed by atoms with E-state index < -0.39 is 0 Å². The van der Waals surface area contributed by atoms with Crippen LogP contribution in [0.1, 0.15) is 22.8 Å². The molecule has 27 heavy (non-hydrogen) atoms. The highest BCUT2D eigenvalue weighted by molar-refractivity contribution is 9.10.